The second-order valence-corrected chi connectivity index (χ2v) is 7.28. The summed E-state index contributed by atoms with van der Waals surface area (Å²) >= 11 is 1.45. The minimum absolute atomic E-state index is 0.148. The normalized spacial score (nSPS) is 10.8. The molecule has 0 fully saturated rings. The van der Waals surface area contributed by atoms with Crippen molar-refractivity contribution in [1.29, 1.82) is 5.26 Å². The molecule has 0 unspecified atom stereocenters. The Morgan fingerprint density at radius 3 is 2.89 bits per heavy atom. The van der Waals surface area contributed by atoms with Crippen LogP contribution in [0.15, 0.2) is 41.4 Å². The molecule has 3 aromatic rings. The molecule has 2 N–H and O–H groups in total. The summed E-state index contributed by atoms with van der Waals surface area (Å²) in [4.78, 5) is 20.4. The Hall–Kier alpha value is -3.02. The molecule has 27 heavy (non-hydrogen) atoms. The van der Waals surface area contributed by atoms with Gasteiger partial charge in [-0.15, -0.1) is 0 Å². The highest BCUT2D eigenvalue weighted by Gasteiger charge is 2.13. The quantitative estimate of drug-likeness (QED) is 0.636. The predicted octanol–water partition coefficient (Wildman–Crippen LogP) is 3.33. The number of ether oxygens (including phenoxy) is 1. The second-order valence-electron chi connectivity index (χ2n) is 6.04. The third kappa shape index (κ3) is 4.58. The first kappa shape index (κ1) is 18.8. The van der Waals surface area contributed by atoms with Crippen molar-refractivity contribution >= 4 is 34.4 Å². The van der Waals surface area contributed by atoms with Gasteiger partial charge in [0.25, 0.3) is 0 Å². The Balaban J connectivity index is 1.67. The second kappa shape index (κ2) is 8.12. The number of amides is 1. The average molecular weight is 381 g/mol. The molecule has 0 atom stereocenters. The van der Waals surface area contributed by atoms with Gasteiger partial charge in [0.05, 0.1) is 31.1 Å². The van der Waals surface area contributed by atoms with Gasteiger partial charge in [-0.25, -0.2) is 9.29 Å². The van der Waals surface area contributed by atoms with E-state index in [1.807, 2.05) is 36.5 Å². The zero-order chi connectivity index (χ0) is 19.4. The van der Waals surface area contributed by atoms with E-state index in [1.54, 1.807) is 25.4 Å². The number of methoxy groups -OCH3 is 1. The first-order chi connectivity index (χ1) is 13.0. The zero-order valence-corrected chi connectivity index (χ0v) is 16.1. The molecule has 2 heterocycles. The van der Waals surface area contributed by atoms with Crippen LogP contribution in [0.5, 0.6) is 5.88 Å². The van der Waals surface area contributed by atoms with Gasteiger partial charge >= 0.3 is 0 Å². The molecule has 0 aliphatic rings. The van der Waals surface area contributed by atoms with Crippen LogP contribution < -0.4 is 10.1 Å². The number of hydrogen-bond donors (Lipinski definition) is 2. The molecule has 0 spiro atoms. The van der Waals surface area contributed by atoms with E-state index < -0.39 is 0 Å². The Morgan fingerprint density at radius 1 is 1.41 bits per heavy atom. The number of aromatic nitrogens is 2. The Labute approximate surface area is 161 Å². The van der Waals surface area contributed by atoms with E-state index >= 15 is 0 Å². The summed E-state index contributed by atoms with van der Waals surface area (Å²) in [5.41, 5.74) is 3.12. The van der Waals surface area contributed by atoms with E-state index in [4.69, 9.17) is 10.00 Å². The lowest BCUT2D eigenvalue weighted by molar-refractivity contribution is -0.116. The van der Waals surface area contributed by atoms with Crippen LogP contribution in [0, 0.1) is 18.3 Å². The number of nitrogens with zero attached hydrogens (tertiary/aromatic N) is 3. The number of fused-ring (bicyclic) bond motifs is 1. The van der Waals surface area contributed by atoms with Crippen LogP contribution in [0.1, 0.15) is 11.3 Å². The van der Waals surface area contributed by atoms with Crippen molar-refractivity contribution in [2.45, 2.75) is 11.8 Å². The first-order valence-corrected chi connectivity index (χ1v) is 8.98. The van der Waals surface area contributed by atoms with Gasteiger partial charge in [0.1, 0.15) is 11.8 Å². The predicted molar refractivity (Wildman–Crippen MR) is 106 cm³/mol. The Bertz CT molecular complexity index is 1010. The minimum Gasteiger partial charge on any atom is -0.481 e. The van der Waals surface area contributed by atoms with Crippen molar-refractivity contribution in [2.24, 2.45) is 0 Å². The van der Waals surface area contributed by atoms with Crippen molar-refractivity contribution in [3.8, 4) is 11.9 Å². The number of hydrogen-bond acceptors (Lipinski definition) is 6. The molecule has 0 aliphatic carbocycles. The highest BCUT2D eigenvalue weighted by Crippen LogP contribution is 2.31. The van der Waals surface area contributed by atoms with Gasteiger partial charge in [-0.1, -0.05) is 0 Å². The molecule has 2 aromatic heterocycles. The van der Waals surface area contributed by atoms with Crippen molar-refractivity contribution in [3.63, 3.8) is 0 Å². The third-order valence-corrected chi connectivity index (χ3v) is 4.77. The molecule has 8 heteroatoms. The largest absolute Gasteiger partial charge is 0.481 e. The molecule has 0 aliphatic heterocycles. The molecule has 1 aromatic carbocycles. The number of carbonyl (C=O) groups excluding carboxylic acids is 1. The summed E-state index contributed by atoms with van der Waals surface area (Å²) in [5, 5.41) is 12.9. The molecule has 3 rings (SSSR count). The van der Waals surface area contributed by atoms with Crippen LogP contribution in [-0.2, 0) is 4.79 Å². The van der Waals surface area contributed by atoms with Gasteiger partial charge in [-0.2, -0.15) is 5.26 Å². The van der Waals surface area contributed by atoms with E-state index in [2.05, 4.69) is 21.4 Å². The number of nitriles is 1. The van der Waals surface area contributed by atoms with E-state index in [1.165, 1.54) is 11.9 Å². The highest BCUT2D eigenvalue weighted by atomic mass is 32.2. The maximum absolute atomic E-state index is 12.3. The van der Waals surface area contributed by atoms with Gasteiger partial charge in [0.15, 0.2) is 0 Å². The summed E-state index contributed by atoms with van der Waals surface area (Å²) in [7, 11) is 3.39. The fourth-order valence-corrected chi connectivity index (χ4v) is 3.68. The monoisotopic (exact) mass is 381 g/mol. The summed E-state index contributed by atoms with van der Waals surface area (Å²) in [6.07, 6.45) is 1.55. The number of H-pyrrole nitrogens is 1. The Kier molecular flexibility index (Phi) is 5.64. The number of rotatable bonds is 6. The Morgan fingerprint density at radius 2 is 2.22 bits per heavy atom. The van der Waals surface area contributed by atoms with Gasteiger partial charge < -0.3 is 15.0 Å². The summed E-state index contributed by atoms with van der Waals surface area (Å²) in [6.45, 7) is 2.20. The van der Waals surface area contributed by atoms with E-state index in [9.17, 15) is 4.79 Å². The number of likely N-dealkylation sites (N-methyl/N-ethyl adjacent to an activating group) is 1. The molecular formula is C19H19N5O2S. The summed E-state index contributed by atoms with van der Waals surface area (Å²) in [6, 6.07) is 11.4. The number of aryl methyl sites for hydroxylation is 1. The molecule has 0 bridgehead atoms. The van der Waals surface area contributed by atoms with Gasteiger partial charge in [-0.3, -0.25) is 4.79 Å². The fraction of sp³-hybridized carbons (Fsp3) is 0.211. The zero-order valence-electron chi connectivity index (χ0n) is 15.2. The van der Waals surface area contributed by atoms with Crippen molar-refractivity contribution in [1.82, 2.24) is 14.3 Å². The number of carbonyl (C=O) groups is 1. The van der Waals surface area contributed by atoms with E-state index in [-0.39, 0.29) is 12.5 Å². The lowest BCUT2D eigenvalue weighted by Gasteiger charge is -2.16. The maximum Gasteiger partial charge on any atom is 0.239 e. The smallest absolute Gasteiger partial charge is 0.239 e. The number of pyridine rings is 1. The molecule has 1 amide bonds. The van der Waals surface area contributed by atoms with Crippen LogP contribution in [0.3, 0.4) is 0 Å². The molecule has 0 radical (unpaired) electrons. The third-order valence-electron chi connectivity index (χ3n) is 3.81. The maximum atomic E-state index is 12.3. The van der Waals surface area contributed by atoms with Crippen molar-refractivity contribution < 1.29 is 9.53 Å². The molecule has 7 nitrogen and oxygen atoms in total. The van der Waals surface area contributed by atoms with Crippen LogP contribution in [0.4, 0.5) is 5.69 Å². The lowest BCUT2D eigenvalue weighted by atomic mass is 10.2. The SMILES string of the molecule is COc1ccc(NC(=O)CN(C)Sc2cc(C)cc3cc(C#N)[nH]c23)cn1. The van der Waals surface area contributed by atoms with Crippen LogP contribution in [-0.4, -0.2) is 40.9 Å². The van der Waals surface area contributed by atoms with Crippen molar-refractivity contribution in [3.05, 3.63) is 47.8 Å². The van der Waals surface area contributed by atoms with Gasteiger partial charge in [0, 0.05) is 16.3 Å². The minimum atomic E-state index is -0.148. The molecule has 0 saturated carbocycles. The number of benzene rings is 1. The van der Waals surface area contributed by atoms with Gasteiger partial charge in [-0.05, 0) is 55.7 Å². The number of anilines is 1. The molecule has 0 saturated heterocycles. The van der Waals surface area contributed by atoms with Crippen LogP contribution >= 0.6 is 11.9 Å². The van der Waals surface area contributed by atoms with Crippen LogP contribution in [0.2, 0.25) is 0 Å². The molecule has 138 valence electrons. The van der Waals surface area contributed by atoms with Gasteiger partial charge in [0.2, 0.25) is 11.8 Å². The average Bonchev–Trinajstić information content (AvgIpc) is 3.05. The topological polar surface area (TPSA) is 94.0 Å². The van der Waals surface area contributed by atoms with Crippen molar-refractivity contribution in [2.75, 3.05) is 26.0 Å². The van der Waals surface area contributed by atoms with E-state index in [0.717, 1.165) is 21.4 Å². The summed E-state index contributed by atoms with van der Waals surface area (Å²) < 4.78 is 6.84. The molecular weight excluding hydrogens is 362 g/mol. The van der Waals surface area contributed by atoms with Crippen LogP contribution in [0.25, 0.3) is 10.9 Å². The summed E-state index contributed by atoms with van der Waals surface area (Å²) in [5.74, 6) is 0.344. The van der Waals surface area contributed by atoms with E-state index in [0.29, 0.717) is 17.3 Å². The number of nitrogens with one attached hydrogen (secondary N) is 2. The number of aromatic amines is 1. The highest BCUT2D eigenvalue weighted by molar-refractivity contribution is 7.97. The lowest BCUT2D eigenvalue weighted by Crippen LogP contribution is -2.25. The standard InChI is InChI=1S/C19H19N5O2S/c1-12-6-13-8-15(9-20)23-19(13)16(7-12)27-24(2)11-17(25)22-14-4-5-18(26-3)21-10-14/h4-8,10,23H,11H2,1-3H3,(H,22,25). The fourth-order valence-electron chi connectivity index (χ4n) is 2.66. The first-order valence-electron chi connectivity index (χ1n) is 8.21.